The number of carbonyl (C=O) groups is 1. The number of carbonyl (C=O) groups excluding carboxylic acids is 1. The van der Waals surface area contributed by atoms with Crippen molar-refractivity contribution in [2.24, 2.45) is 5.73 Å². The van der Waals surface area contributed by atoms with Crippen LogP contribution in [0.1, 0.15) is 45.6 Å². The van der Waals surface area contributed by atoms with Crippen molar-refractivity contribution in [3.8, 4) is 0 Å². The van der Waals surface area contributed by atoms with Gasteiger partial charge in [0, 0.05) is 12.2 Å². The molecule has 0 fully saturated rings. The Morgan fingerprint density at radius 3 is 2.52 bits per heavy atom. The van der Waals surface area contributed by atoms with Crippen LogP contribution in [0, 0.1) is 0 Å². The van der Waals surface area contributed by atoms with Gasteiger partial charge in [-0.1, -0.05) is 51.8 Å². The van der Waals surface area contributed by atoms with E-state index < -0.39 is 6.04 Å². The zero-order valence-electron chi connectivity index (χ0n) is 13.6. The third-order valence-electron chi connectivity index (χ3n) is 3.77. The lowest BCUT2D eigenvalue weighted by atomic mass is 10.1. The molecular formula is C17H29N3O. The smallest absolute Gasteiger partial charge is 0.241 e. The fraction of sp³-hybridized carbons (Fsp3) is 0.588. The number of nitrogens with one attached hydrogen (secondary N) is 1. The van der Waals surface area contributed by atoms with E-state index in [0.29, 0.717) is 0 Å². The lowest BCUT2D eigenvalue weighted by molar-refractivity contribution is -0.117. The van der Waals surface area contributed by atoms with E-state index in [9.17, 15) is 4.79 Å². The monoisotopic (exact) mass is 291 g/mol. The van der Waals surface area contributed by atoms with Gasteiger partial charge >= 0.3 is 0 Å². The molecule has 0 spiro atoms. The van der Waals surface area contributed by atoms with E-state index in [1.54, 1.807) is 0 Å². The number of rotatable bonds is 9. The molecule has 0 aromatic heterocycles. The normalized spacial score (nSPS) is 12.4. The van der Waals surface area contributed by atoms with Crippen molar-refractivity contribution in [3.05, 3.63) is 29.8 Å². The number of para-hydroxylation sites is 1. The van der Waals surface area contributed by atoms with Gasteiger partial charge in [0.05, 0.1) is 6.04 Å². The molecule has 21 heavy (non-hydrogen) atoms. The van der Waals surface area contributed by atoms with Crippen molar-refractivity contribution < 1.29 is 4.79 Å². The van der Waals surface area contributed by atoms with Crippen LogP contribution < -0.4 is 11.1 Å². The standard InChI is InChI=1S/C17H29N3O/c1-4-7-11-15(18)17(21)19-16-12-9-8-10-14(16)13-20(5-2)6-3/h8-10,12,15H,4-7,11,13,18H2,1-3H3,(H,19,21). The molecule has 1 atom stereocenters. The minimum absolute atomic E-state index is 0.0875. The van der Waals surface area contributed by atoms with E-state index in [-0.39, 0.29) is 5.91 Å². The molecule has 0 aliphatic carbocycles. The van der Waals surface area contributed by atoms with E-state index in [2.05, 4.69) is 37.1 Å². The van der Waals surface area contributed by atoms with Gasteiger partial charge in [0.1, 0.15) is 0 Å². The quantitative estimate of drug-likeness (QED) is 0.735. The average molecular weight is 291 g/mol. The van der Waals surface area contributed by atoms with Crippen molar-refractivity contribution in [2.75, 3.05) is 18.4 Å². The van der Waals surface area contributed by atoms with Gasteiger partial charge in [-0.3, -0.25) is 9.69 Å². The molecule has 1 unspecified atom stereocenters. The van der Waals surface area contributed by atoms with Crippen LogP contribution in [0.4, 0.5) is 5.69 Å². The number of hydrogen-bond donors (Lipinski definition) is 2. The summed E-state index contributed by atoms with van der Waals surface area (Å²) in [6.07, 6.45) is 2.77. The number of amides is 1. The first-order valence-electron chi connectivity index (χ1n) is 7.99. The summed E-state index contributed by atoms with van der Waals surface area (Å²) >= 11 is 0. The Morgan fingerprint density at radius 2 is 1.90 bits per heavy atom. The van der Waals surface area contributed by atoms with E-state index in [1.165, 1.54) is 0 Å². The van der Waals surface area contributed by atoms with Gasteiger partial charge in [-0.2, -0.15) is 0 Å². The summed E-state index contributed by atoms with van der Waals surface area (Å²) in [6.45, 7) is 9.22. The Hall–Kier alpha value is -1.39. The third-order valence-corrected chi connectivity index (χ3v) is 3.77. The number of hydrogen-bond acceptors (Lipinski definition) is 3. The zero-order valence-corrected chi connectivity index (χ0v) is 13.6. The first-order chi connectivity index (χ1) is 10.1. The molecule has 1 rings (SSSR count). The first kappa shape index (κ1) is 17.7. The summed E-state index contributed by atoms with van der Waals surface area (Å²) in [6, 6.07) is 7.53. The Labute approximate surface area is 128 Å². The molecule has 0 aliphatic rings. The summed E-state index contributed by atoms with van der Waals surface area (Å²) in [5, 5.41) is 2.98. The number of unbranched alkanes of at least 4 members (excludes halogenated alkanes) is 1. The fourth-order valence-corrected chi connectivity index (χ4v) is 2.25. The molecule has 1 aromatic rings. The summed E-state index contributed by atoms with van der Waals surface area (Å²) in [4.78, 5) is 14.5. The summed E-state index contributed by atoms with van der Waals surface area (Å²) < 4.78 is 0. The van der Waals surface area contributed by atoms with Gasteiger partial charge in [-0.05, 0) is 31.1 Å². The van der Waals surface area contributed by atoms with Crippen molar-refractivity contribution >= 4 is 11.6 Å². The molecule has 0 saturated heterocycles. The molecule has 4 nitrogen and oxygen atoms in total. The van der Waals surface area contributed by atoms with Crippen molar-refractivity contribution in [1.82, 2.24) is 4.90 Å². The molecule has 4 heteroatoms. The molecule has 1 amide bonds. The van der Waals surface area contributed by atoms with Crippen molar-refractivity contribution in [1.29, 1.82) is 0 Å². The highest BCUT2D eigenvalue weighted by molar-refractivity contribution is 5.95. The van der Waals surface area contributed by atoms with Crippen molar-refractivity contribution in [2.45, 2.75) is 52.6 Å². The maximum absolute atomic E-state index is 12.1. The summed E-state index contributed by atoms with van der Waals surface area (Å²) in [5.41, 5.74) is 7.94. The molecule has 0 aliphatic heterocycles. The van der Waals surface area contributed by atoms with Crippen LogP contribution >= 0.6 is 0 Å². The highest BCUT2D eigenvalue weighted by Gasteiger charge is 2.15. The second-order valence-corrected chi connectivity index (χ2v) is 5.36. The second-order valence-electron chi connectivity index (χ2n) is 5.36. The van der Waals surface area contributed by atoms with Crippen LogP contribution in [0.5, 0.6) is 0 Å². The topological polar surface area (TPSA) is 58.4 Å². The van der Waals surface area contributed by atoms with Gasteiger partial charge in [0.2, 0.25) is 5.91 Å². The number of benzene rings is 1. The van der Waals surface area contributed by atoms with Gasteiger partial charge < -0.3 is 11.1 Å². The Kier molecular flexibility index (Phi) is 8.01. The number of anilines is 1. The molecule has 118 valence electrons. The lowest BCUT2D eigenvalue weighted by Gasteiger charge is -2.21. The Morgan fingerprint density at radius 1 is 1.24 bits per heavy atom. The Balaban J connectivity index is 2.72. The van der Waals surface area contributed by atoms with Gasteiger partial charge in [-0.25, -0.2) is 0 Å². The predicted octanol–water partition coefficient (Wildman–Crippen LogP) is 2.98. The molecule has 0 radical (unpaired) electrons. The second kappa shape index (κ2) is 9.53. The summed E-state index contributed by atoms with van der Waals surface area (Å²) in [7, 11) is 0. The predicted molar refractivity (Wildman–Crippen MR) is 89.2 cm³/mol. The molecule has 0 bridgehead atoms. The van der Waals surface area contributed by atoms with E-state index in [1.807, 2.05) is 18.2 Å². The van der Waals surface area contributed by atoms with E-state index in [4.69, 9.17) is 5.73 Å². The fourth-order valence-electron chi connectivity index (χ4n) is 2.25. The molecular weight excluding hydrogens is 262 g/mol. The molecule has 1 aromatic carbocycles. The molecule has 3 N–H and O–H groups in total. The van der Waals surface area contributed by atoms with E-state index >= 15 is 0 Å². The van der Waals surface area contributed by atoms with Gasteiger partial charge in [-0.15, -0.1) is 0 Å². The van der Waals surface area contributed by atoms with Crippen molar-refractivity contribution in [3.63, 3.8) is 0 Å². The molecule has 0 saturated carbocycles. The van der Waals surface area contributed by atoms with Gasteiger partial charge in [0.25, 0.3) is 0 Å². The number of nitrogens with zero attached hydrogens (tertiary/aromatic N) is 1. The van der Waals surface area contributed by atoms with Crippen LogP contribution in [-0.4, -0.2) is 29.9 Å². The van der Waals surface area contributed by atoms with Gasteiger partial charge in [0.15, 0.2) is 0 Å². The van der Waals surface area contributed by atoms with Crippen LogP contribution in [0.2, 0.25) is 0 Å². The van der Waals surface area contributed by atoms with Crippen LogP contribution in [-0.2, 0) is 11.3 Å². The average Bonchev–Trinajstić information content (AvgIpc) is 2.51. The largest absolute Gasteiger partial charge is 0.324 e. The highest BCUT2D eigenvalue weighted by Crippen LogP contribution is 2.17. The molecule has 0 heterocycles. The number of nitrogens with two attached hydrogens (primary N) is 1. The minimum atomic E-state index is -0.425. The summed E-state index contributed by atoms with van der Waals surface area (Å²) in [5.74, 6) is -0.0875. The SMILES string of the molecule is CCCCC(N)C(=O)Nc1ccccc1CN(CC)CC. The maximum atomic E-state index is 12.1. The van der Waals surface area contributed by atoms with Crippen LogP contribution in [0.3, 0.4) is 0 Å². The lowest BCUT2D eigenvalue weighted by Crippen LogP contribution is -2.36. The van der Waals surface area contributed by atoms with Crippen LogP contribution in [0.25, 0.3) is 0 Å². The first-order valence-corrected chi connectivity index (χ1v) is 7.99. The minimum Gasteiger partial charge on any atom is -0.324 e. The zero-order chi connectivity index (χ0) is 15.7. The van der Waals surface area contributed by atoms with E-state index in [0.717, 1.165) is 50.1 Å². The Bertz CT molecular complexity index is 430. The maximum Gasteiger partial charge on any atom is 0.241 e. The van der Waals surface area contributed by atoms with Crippen LogP contribution in [0.15, 0.2) is 24.3 Å². The highest BCUT2D eigenvalue weighted by atomic mass is 16.2. The third kappa shape index (κ3) is 5.86.